The molecule has 1 aromatic carbocycles. The number of hydrogen-bond acceptors (Lipinski definition) is 3. The van der Waals surface area contributed by atoms with Crippen molar-refractivity contribution < 1.29 is 18.3 Å². The van der Waals surface area contributed by atoms with Crippen LogP contribution in [0.4, 0.5) is 13.6 Å². The summed E-state index contributed by atoms with van der Waals surface area (Å²) in [7, 11) is 1.29. The van der Waals surface area contributed by atoms with E-state index in [9.17, 15) is 13.6 Å². The molecule has 0 bridgehead atoms. The standard InChI is InChI=1S/C9H9F2N3O2/c1-16-5-2-7(10)6(8(11)3-5)4-13-14-9(12)15/h2-4H,1H3,(H3,12,14,15). The number of nitrogens with one attached hydrogen (secondary N) is 1. The first-order valence-electron chi connectivity index (χ1n) is 4.16. The molecule has 0 spiro atoms. The molecule has 3 N–H and O–H groups in total. The van der Waals surface area contributed by atoms with Crippen molar-refractivity contribution in [1.82, 2.24) is 5.43 Å². The molecule has 1 aromatic rings. The van der Waals surface area contributed by atoms with Crippen molar-refractivity contribution in [2.75, 3.05) is 7.11 Å². The van der Waals surface area contributed by atoms with Crippen molar-refractivity contribution >= 4 is 12.2 Å². The second kappa shape index (κ2) is 5.06. The molecule has 0 aliphatic rings. The van der Waals surface area contributed by atoms with Gasteiger partial charge in [-0.05, 0) is 0 Å². The molecule has 7 heteroatoms. The van der Waals surface area contributed by atoms with Crippen molar-refractivity contribution in [1.29, 1.82) is 0 Å². The minimum Gasteiger partial charge on any atom is -0.497 e. The Kier molecular flexibility index (Phi) is 3.76. The maximum Gasteiger partial charge on any atom is 0.332 e. The van der Waals surface area contributed by atoms with Gasteiger partial charge in [0.1, 0.15) is 17.4 Å². The second-order valence-electron chi connectivity index (χ2n) is 2.74. The van der Waals surface area contributed by atoms with E-state index in [2.05, 4.69) is 9.84 Å². The first-order chi connectivity index (χ1) is 7.54. The number of nitrogens with zero attached hydrogens (tertiary/aromatic N) is 1. The Hall–Kier alpha value is -2.18. The molecule has 2 amide bonds. The lowest BCUT2D eigenvalue weighted by Gasteiger charge is -2.03. The average molecular weight is 229 g/mol. The molecule has 0 heterocycles. The van der Waals surface area contributed by atoms with Gasteiger partial charge in [0.15, 0.2) is 0 Å². The smallest absolute Gasteiger partial charge is 0.332 e. The molecular weight excluding hydrogens is 220 g/mol. The van der Waals surface area contributed by atoms with Crippen LogP contribution in [0.25, 0.3) is 0 Å². The first kappa shape index (κ1) is 11.9. The number of ether oxygens (including phenoxy) is 1. The molecule has 0 radical (unpaired) electrons. The minimum atomic E-state index is -0.925. The lowest BCUT2D eigenvalue weighted by Crippen LogP contribution is -2.24. The van der Waals surface area contributed by atoms with Crippen molar-refractivity contribution in [3.05, 3.63) is 29.3 Å². The molecule has 0 aliphatic heterocycles. The summed E-state index contributed by atoms with van der Waals surface area (Å²) in [5.41, 5.74) is 6.13. The van der Waals surface area contributed by atoms with Gasteiger partial charge in [-0.1, -0.05) is 0 Å². The summed E-state index contributed by atoms with van der Waals surface area (Å²) < 4.78 is 31.2. The molecular formula is C9H9F2N3O2. The summed E-state index contributed by atoms with van der Waals surface area (Å²) in [4.78, 5) is 10.2. The van der Waals surface area contributed by atoms with Crippen LogP contribution in [0.3, 0.4) is 0 Å². The van der Waals surface area contributed by atoms with Gasteiger partial charge in [-0.25, -0.2) is 19.0 Å². The molecule has 16 heavy (non-hydrogen) atoms. The average Bonchev–Trinajstić information content (AvgIpc) is 2.21. The number of hydrazone groups is 1. The highest BCUT2D eigenvalue weighted by Crippen LogP contribution is 2.18. The van der Waals surface area contributed by atoms with Crippen LogP contribution < -0.4 is 15.9 Å². The lowest BCUT2D eigenvalue weighted by molar-refractivity contribution is 0.249. The number of amides is 2. The Morgan fingerprint density at radius 1 is 1.50 bits per heavy atom. The zero-order valence-corrected chi connectivity index (χ0v) is 8.33. The number of hydrogen-bond donors (Lipinski definition) is 2. The summed E-state index contributed by atoms with van der Waals surface area (Å²) in [6, 6.07) is 1.06. The van der Waals surface area contributed by atoms with Gasteiger partial charge in [0.05, 0.1) is 18.9 Å². The molecule has 0 unspecified atom stereocenters. The van der Waals surface area contributed by atoms with Gasteiger partial charge < -0.3 is 10.5 Å². The number of carbonyl (C=O) groups is 1. The first-order valence-corrected chi connectivity index (χ1v) is 4.16. The fourth-order valence-corrected chi connectivity index (χ4v) is 0.963. The van der Waals surface area contributed by atoms with Crippen LogP contribution in [0.5, 0.6) is 5.75 Å². The normalized spacial score (nSPS) is 10.4. The summed E-state index contributed by atoms with van der Waals surface area (Å²) in [5, 5.41) is 3.25. The zero-order chi connectivity index (χ0) is 12.1. The quantitative estimate of drug-likeness (QED) is 0.598. The number of halogens is 2. The van der Waals surface area contributed by atoms with E-state index in [0.717, 1.165) is 18.3 Å². The van der Waals surface area contributed by atoms with Crippen LogP contribution in [0.1, 0.15) is 5.56 Å². The van der Waals surface area contributed by atoms with Crippen LogP contribution in [-0.4, -0.2) is 19.4 Å². The van der Waals surface area contributed by atoms with E-state index in [1.54, 1.807) is 0 Å². The van der Waals surface area contributed by atoms with E-state index in [4.69, 9.17) is 5.73 Å². The van der Waals surface area contributed by atoms with Gasteiger partial charge in [0.2, 0.25) is 0 Å². The number of methoxy groups -OCH3 is 1. The second-order valence-corrected chi connectivity index (χ2v) is 2.74. The Balaban J connectivity index is 2.96. The van der Waals surface area contributed by atoms with Crippen LogP contribution in [0, 0.1) is 11.6 Å². The van der Waals surface area contributed by atoms with E-state index in [1.165, 1.54) is 7.11 Å². The Morgan fingerprint density at radius 3 is 2.50 bits per heavy atom. The largest absolute Gasteiger partial charge is 0.497 e. The third kappa shape index (κ3) is 2.91. The number of primary amides is 1. The van der Waals surface area contributed by atoms with E-state index in [0.29, 0.717) is 0 Å². The third-order valence-electron chi connectivity index (χ3n) is 1.66. The molecule has 0 aliphatic carbocycles. The van der Waals surface area contributed by atoms with Crippen LogP contribution in [0.15, 0.2) is 17.2 Å². The van der Waals surface area contributed by atoms with Gasteiger partial charge in [0.25, 0.3) is 0 Å². The van der Waals surface area contributed by atoms with Gasteiger partial charge in [-0.15, -0.1) is 0 Å². The maximum absolute atomic E-state index is 13.3. The number of rotatable bonds is 3. The fraction of sp³-hybridized carbons (Fsp3) is 0.111. The van der Waals surface area contributed by atoms with Crippen molar-refractivity contribution in [3.8, 4) is 5.75 Å². The Bertz CT molecular complexity index is 412. The van der Waals surface area contributed by atoms with Crippen LogP contribution in [-0.2, 0) is 0 Å². The summed E-state index contributed by atoms with van der Waals surface area (Å²) in [6.45, 7) is 0. The predicted octanol–water partition coefficient (Wildman–Crippen LogP) is 0.976. The van der Waals surface area contributed by atoms with E-state index >= 15 is 0 Å². The number of urea groups is 1. The van der Waals surface area contributed by atoms with Gasteiger partial charge in [-0.2, -0.15) is 5.10 Å². The highest BCUT2D eigenvalue weighted by atomic mass is 19.1. The minimum absolute atomic E-state index is 0.0509. The highest BCUT2D eigenvalue weighted by molar-refractivity contribution is 5.82. The molecule has 5 nitrogen and oxygen atoms in total. The van der Waals surface area contributed by atoms with Gasteiger partial charge >= 0.3 is 6.03 Å². The predicted molar refractivity (Wildman–Crippen MR) is 53.2 cm³/mol. The number of carbonyl (C=O) groups excluding carboxylic acids is 1. The fourth-order valence-electron chi connectivity index (χ4n) is 0.963. The maximum atomic E-state index is 13.3. The van der Waals surface area contributed by atoms with Crippen LogP contribution >= 0.6 is 0 Å². The van der Waals surface area contributed by atoms with E-state index in [-0.39, 0.29) is 5.75 Å². The van der Waals surface area contributed by atoms with Gasteiger partial charge in [-0.3, -0.25) is 0 Å². The van der Waals surface area contributed by atoms with Crippen molar-refractivity contribution in [3.63, 3.8) is 0 Å². The van der Waals surface area contributed by atoms with Crippen molar-refractivity contribution in [2.24, 2.45) is 10.8 Å². The van der Waals surface area contributed by atoms with Crippen LogP contribution in [0.2, 0.25) is 0 Å². The number of benzene rings is 1. The summed E-state index contributed by atoms with van der Waals surface area (Å²) in [6.07, 6.45) is 0.814. The Morgan fingerprint density at radius 2 is 2.06 bits per heavy atom. The topological polar surface area (TPSA) is 76.7 Å². The molecule has 0 aromatic heterocycles. The van der Waals surface area contributed by atoms with Gasteiger partial charge in [0, 0.05) is 12.1 Å². The summed E-state index contributed by atoms with van der Waals surface area (Å²) >= 11 is 0. The molecule has 0 saturated carbocycles. The summed E-state index contributed by atoms with van der Waals surface area (Å²) in [5.74, 6) is -1.66. The van der Waals surface area contributed by atoms with E-state index in [1.807, 2.05) is 5.43 Å². The molecule has 0 atom stereocenters. The number of nitrogens with two attached hydrogens (primary N) is 1. The highest BCUT2D eigenvalue weighted by Gasteiger charge is 2.09. The zero-order valence-electron chi connectivity index (χ0n) is 8.33. The molecule has 0 fully saturated rings. The Labute approximate surface area is 89.9 Å². The van der Waals surface area contributed by atoms with E-state index < -0.39 is 23.2 Å². The SMILES string of the molecule is COc1cc(F)c(C=NNC(N)=O)c(F)c1. The molecule has 0 saturated heterocycles. The molecule has 1 rings (SSSR count). The third-order valence-corrected chi connectivity index (χ3v) is 1.66. The monoisotopic (exact) mass is 229 g/mol. The van der Waals surface area contributed by atoms with Crippen molar-refractivity contribution in [2.45, 2.75) is 0 Å². The lowest BCUT2D eigenvalue weighted by atomic mass is 10.2. The molecule has 86 valence electrons.